The van der Waals surface area contributed by atoms with Crippen molar-refractivity contribution in [2.45, 2.75) is 30.7 Å². The number of piperidine rings is 1. The number of benzene rings is 1. The van der Waals surface area contributed by atoms with Crippen LogP contribution in [0.1, 0.15) is 19.8 Å². The second kappa shape index (κ2) is 5.90. The summed E-state index contributed by atoms with van der Waals surface area (Å²) in [5.41, 5.74) is 0.570. The Kier molecular flexibility index (Phi) is 4.42. The molecular formula is C13H19N3O3S. The van der Waals surface area contributed by atoms with Gasteiger partial charge in [0.25, 0.3) is 0 Å². The third-order valence-corrected chi connectivity index (χ3v) is 4.48. The molecule has 20 heavy (non-hydrogen) atoms. The van der Waals surface area contributed by atoms with E-state index in [-0.39, 0.29) is 22.8 Å². The molecule has 1 aromatic carbocycles. The molecule has 7 heteroatoms. The van der Waals surface area contributed by atoms with E-state index >= 15 is 0 Å². The molecule has 1 amide bonds. The minimum absolute atomic E-state index is 0.0307. The van der Waals surface area contributed by atoms with Gasteiger partial charge in [0.2, 0.25) is 15.9 Å². The van der Waals surface area contributed by atoms with Gasteiger partial charge in [0.1, 0.15) is 0 Å². The van der Waals surface area contributed by atoms with Crippen molar-refractivity contribution < 1.29 is 13.2 Å². The number of amides is 1. The Morgan fingerprint density at radius 2 is 2.00 bits per heavy atom. The van der Waals surface area contributed by atoms with Gasteiger partial charge in [-0.2, -0.15) is 0 Å². The summed E-state index contributed by atoms with van der Waals surface area (Å²) in [6.45, 7) is 2.93. The van der Waals surface area contributed by atoms with Crippen molar-refractivity contribution in [1.29, 1.82) is 0 Å². The third-order valence-electron chi connectivity index (χ3n) is 3.55. The van der Waals surface area contributed by atoms with Crippen LogP contribution < -0.4 is 15.8 Å². The maximum atomic E-state index is 12.2. The molecule has 0 saturated carbocycles. The summed E-state index contributed by atoms with van der Waals surface area (Å²) in [7, 11) is -3.70. The number of rotatable bonds is 3. The Morgan fingerprint density at radius 1 is 1.35 bits per heavy atom. The molecule has 1 heterocycles. The molecule has 4 N–H and O–H groups in total. The SMILES string of the molecule is CC1NCCCC1C(=O)Nc1ccc(S(N)(=O)=O)cc1. The predicted octanol–water partition coefficient (Wildman–Crippen LogP) is 0.661. The molecule has 0 aromatic heterocycles. The number of carbonyl (C=O) groups excluding carboxylic acids is 1. The van der Waals surface area contributed by atoms with Gasteiger partial charge in [0, 0.05) is 11.7 Å². The number of hydrogen-bond acceptors (Lipinski definition) is 4. The maximum Gasteiger partial charge on any atom is 0.238 e. The topological polar surface area (TPSA) is 101 Å². The molecule has 2 rings (SSSR count). The van der Waals surface area contributed by atoms with E-state index in [0.29, 0.717) is 5.69 Å². The quantitative estimate of drug-likeness (QED) is 0.763. The first-order valence-corrected chi connectivity index (χ1v) is 8.09. The van der Waals surface area contributed by atoms with Gasteiger partial charge >= 0.3 is 0 Å². The highest BCUT2D eigenvalue weighted by Gasteiger charge is 2.27. The molecule has 1 aromatic rings. The van der Waals surface area contributed by atoms with Crippen molar-refractivity contribution in [2.75, 3.05) is 11.9 Å². The van der Waals surface area contributed by atoms with Crippen LogP contribution in [0.15, 0.2) is 29.2 Å². The smallest absolute Gasteiger partial charge is 0.238 e. The molecule has 2 unspecified atom stereocenters. The summed E-state index contributed by atoms with van der Waals surface area (Å²) < 4.78 is 22.3. The molecule has 0 radical (unpaired) electrons. The highest BCUT2D eigenvalue weighted by Crippen LogP contribution is 2.19. The zero-order chi connectivity index (χ0) is 14.8. The van der Waals surface area contributed by atoms with Gasteiger partial charge in [-0.1, -0.05) is 0 Å². The average Bonchev–Trinajstić information content (AvgIpc) is 2.38. The monoisotopic (exact) mass is 297 g/mol. The number of carbonyl (C=O) groups is 1. The lowest BCUT2D eigenvalue weighted by molar-refractivity contribution is -0.121. The molecule has 6 nitrogen and oxygen atoms in total. The van der Waals surface area contributed by atoms with E-state index in [1.165, 1.54) is 12.1 Å². The Bertz CT molecular complexity index is 583. The van der Waals surface area contributed by atoms with E-state index in [1.54, 1.807) is 12.1 Å². The molecule has 1 saturated heterocycles. The first-order valence-electron chi connectivity index (χ1n) is 6.55. The normalized spacial score (nSPS) is 23.3. The molecule has 1 aliphatic heterocycles. The molecule has 1 fully saturated rings. The number of nitrogens with two attached hydrogens (primary N) is 1. The van der Waals surface area contributed by atoms with Crippen molar-refractivity contribution in [1.82, 2.24) is 5.32 Å². The lowest BCUT2D eigenvalue weighted by Crippen LogP contribution is -2.44. The van der Waals surface area contributed by atoms with Gasteiger partial charge in [0.05, 0.1) is 10.8 Å². The highest BCUT2D eigenvalue weighted by atomic mass is 32.2. The summed E-state index contributed by atoms with van der Waals surface area (Å²) in [4.78, 5) is 12.2. The fraction of sp³-hybridized carbons (Fsp3) is 0.462. The molecule has 0 bridgehead atoms. The zero-order valence-corrected chi connectivity index (χ0v) is 12.1. The number of anilines is 1. The van der Waals surface area contributed by atoms with E-state index in [2.05, 4.69) is 10.6 Å². The Morgan fingerprint density at radius 3 is 2.55 bits per heavy atom. The van der Waals surface area contributed by atoms with Gasteiger partial charge in [0.15, 0.2) is 0 Å². The molecular weight excluding hydrogens is 278 g/mol. The maximum absolute atomic E-state index is 12.2. The van der Waals surface area contributed by atoms with Crippen LogP contribution in [0, 0.1) is 5.92 Å². The van der Waals surface area contributed by atoms with Crippen LogP contribution in [-0.4, -0.2) is 26.9 Å². The van der Waals surface area contributed by atoms with Gasteiger partial charge in [-0.3, -0.25) is 4.79 Å². The molecule has 0 aliphatic carbocycles. The van der Waals surface area contributed by atoms with Crippen molar-refractivity contribution in [3.63, 3.8) is 0 Å². The number of nitrogens with one attached hydrogen (secondary N) is 2. The molecule has 110 valence electrons. The van der Waals surface area contributed by atoms with Crippen LogP contribution in [0.25, 0.3) is 0 Å². The first kappa shape index (κ1) is 15.0. The van der Waals surface area contributed by atoms with E-state index in [9.17, 15) is 13.2 Å². The minimum atomic E-state index is -3.70. The number of primary sulfonamides is 1. The van der Waals surface area contributed by atoms with Gasteiger partial charge in [-0.25, -0.2) is 13.6 Å². The third kappa shape index (κ3) is 3.56. The highest BCUT2D eigenvalue weighted by molar-refractivity contribution is 7.89. The van der Waals surface area contributed by atoms with E-state index in [0.717, 1.165) is 19.4 Å². The van der Waals surface area contributed by atoms with Crippen molar-refractivity contribution in [3.05, 3.63) is 24.3 Å². The minimum Gasteiger partial charge on any atom is -0.326 e. The van der Waals surface area contributed by atoms with E-state index in [1.807, 2.05) is 6.92 Å². The van der Waals surface area contributed by atoms with Crippen LogP contribution in [0.5, 0.6) is 0 Å². The largest absolute Gasteiger partial charge is 0.326 e. The van der Waals surface area contributed by atoms with E-state index in [4.69, 9.17) is 5.14 Å². The van der Waals surface area contributed by atoms with Crippen LogP contribution in [-0.2, 0) is 14.8 Å². The molecule has 0 spiro atoms. The predicted molar refractivity (Wildman–Crippen MR) is 76.6 cm³/mol. The summed E-state index contributed by atoms with van der Waals surface area (Å²) in [5, 5.41) is 11.1. The summed E-state index contributed by atoms with van der Waals surface area (Å²) >= 11 is 0. The lowest BCUT2D eigenvalue weighted by atomic mass is 9.91. The van der Waals surface area contributed by atoms with Crippen LogP contribution in [0.3, 0.4) is 0 Å². The lowest BCUT2D eigenvalue weighted by Gasteiger charge is -2.28. The fourth-order valence-corrected chi connectivity index (χ4v) is 2.88. The number of sulfonamides is 1. The van der Waals surface area contributed by atoms with Crippen molar-refractivity contribution >= 4 is 21.6 Å². The van der Waals surface area contributed by atoms with E-state index < -0.39 is 10.0 Å². The van der Waals surface area contributed by atoms with Crippen LogP contribution >= 0.6 is 0 Å². The Hall–Kier alpha value is -1.44. The average molecular weight is 297 g/mol. The number of hydrogen-bond donors (Lipinski definition) is 3. The van der Waals surface area contributed by atoms with Gasteiger partial charge < -0.3 is 10.6 Å². The standard InChI is InChI=1S/C13H19N3O3S/c1-9-12(3-2-8-15-9)13(17)16-10-4-6-11(7-5-10)20(14,18)19/h4-7,9,12,15H,2-3,8H2,1H3,(H,16,17)(H2,14,18,19). The molecule has 1 aliphatic rings. The Labute approximate surface area is 118 Å². The zero-order valence-electron chi connectivity index (χ0n) is 11.3. The second-order valence-electron chi connectivity index (χ2n) is 5.05. The summed E-state index contributed by atoms with van der Waals surface area (Å²) in [5.74, 6) is -0.116. The van der Waals surface area contributed by atoms with Crippen molar-refractivity contribution in [3.8, 4) is 0 Å². The van der Waals surface area contributed by atoms with Gasteiger partial charge in [-0.15, -0.1) is 0 Å². The summed E-state index contributed by atoms with van der Waals surface area (Å²) in [6, 6.07) is 5.99. The Balaban J connectivity index is 2.04. The molecule has 2 atom stereocenters. The van der Waals surface area contributed by atoms with Crippen LogP contribution in [0.2, 0.25) is 0 Å². The summed E-state index contributed by atoms with van der Waals surface area (Å²) in [6.07, 6.45) is 1.84. The van der Waals surface area contributed by atoms with Gasteiger partial charge in [-0.05, 0) is 50.6 Å². The van der Waals surface area contributed by atoms with Crippen molar-refractivity contribution in [2.24, 2.45) is 11.1 Å². The first-order chi connectivity index (χ1) is 9.38. The second-order valence-corrected chi connectivity index (χ2v) is 6.61. The fourth-order valence-electron chi connectivity index (χ4n) is 2.37. The van der Waals surface area contributed by atoms with Crippen LogP contribution in [0.4, 0.5) is 5.69 Å².